The van der Waals surface area contributed by atoms with Gasteiger partial charge in [0.1, 0.15) is 36.1 Å². The fourth-order valence-corrected chi connectivity index (χ4v) is 4.84. The Hall–Kier alpha value is 0.770. The standard InChI is InChI=1S/C12H9NO10S3.3Na/c14-9-3-7-5(1-10(9)24(15,16)17)6-2-11(25(18,19)20)12(26(21,22)23)4-8(6)13-7;;;/h1-4,13-14H,(H,15,16,17)(H,18,19,20)(H,21,22,23);;;/q;3*+1/p-3. The van der Waals surface area contributed by atoms with Gasteiger partial charge in [0.05, 0.1) is 20.2 Å². The molecule has 2 N–H and O–H groups in total. The third-order valence-electron chi connectivity index (χ3n) is 3.55. The molecule has 2 aromatic carbocycles. The minimum atomic E-state index is -5.37. The molecule has 0 radical (unpaired) electrons. The van der Waals surface area contributed by atoms with E-state index in [2.05, 4.69) is 4.98 Å². The number of H-pyrrole nitrogens is 1. The number of phenols is 1. The van der Waals surface area contributed by atoms with Crippen molar-refractivity contribution < 1.29 is 133 Å². The summed E-state index contributed by atoms with van der Waals surface area (Å²) in [7, 11) is -15.8. The second-order valence-electron chi connectivity index (χ2n) is 5.20. The van der Waals surface area contributed by atoms with Gasteiger partial charge in [0.15, 0.2) is 0 Å². The topological polar surface area (TPSA) is 208 Å². The molecule has 0 aliphatic heterocycles. The maximum atomic E-state index is 11.3. The van der Waals surface area contributed by atoms with Crippen molar-refractivity contribution in [2.45, 2.75) is 14.7 Å². The number of fused-ring (bicyclic) bond motifs is 3. The molecule has 0 amide bonds. The molecule has 3 rings (SSSR count). The first-order chi connectivity index (χ1) is 11.7. The van der Waals surface area contributed by atoms with Crippen LogP contribution in [-0.4, -0.2) is 49.0 Å². The van der Waals surface area contributed by atoms with Crippen molar-refractivity contribution in [3.8, 4) is 5.75 Å². The molecule has 11 nitrogen and oxygen atoms in total. The molecule has 0 bridgehead atoms. The van der Waals surface area contributed by atoms with Crippen molar-refractivity contribution in [3.05, 3.63) is 24.3 Å². The van der Waals surface area contributed by atoms with E-state index >= 15 is 0 Å². The number of hydrogen-bond acceptors (Lipinski definition) is 10. The second kappa shape index (κ2) is 9.72. The van der Waals surface area contributed by atoms with Crippen molar-refractivity contribution in [3.63, 3.8) is 0 Å². The molecule has 0 saturated carbocycles. The van der Waals surface area contributed by atoms with Crippen LogP contribution in [0, 0.1) is 0 Å². The van der Waals surface area contributed by atoms with Crippen molar-refractivity contribution in [2.24, 2.45) is 0 Å². The summed E-state index contributed by atoms with van der Waals surface area (Å²) in [5, 5.41) is 9.41. The Morgan fingerprint density at radius 3 is 1.38 bits per heavy atom. The molecular weight excluding hydrogens is 483 g/mol. The summed E-state index contributed by atoms with van der Waals surface area (Å²) >= 11 is 0. The molecule has 1 aromatic heterocycles. The summed E-state index contributed by atoms with van der Waals surface area (Å²) in [6, 6.07) is 2.76. The SMILES string of the molecule is O=S(=O)([O-])c1cc2c(cc1O)[nH]c1cc(S(=O)(=O)[O-])c(S(=O)(=O)[O-])cc12.[Na+].[Na+].[Na+]. The van der Waals surface area contributed by atoms with Gasteiger partial charge in [-0.15, -0.1) is 0 Å². The average Bonchev–Trinajstić information content (AvgIpc) is 2.78. The first kappa shape index (κ1) is 29.8. The van der Waals surface area contributed by atoms with Gasteiger partial charge in [-0.1, -0.05) is 0 Å². The maximum absolute atomic E-state index is 11.3. The zero-order valence-electron chi connectivity index (χ0n) is 15.2. The number of phenolic OH excluding ortho intramolecular Hbond substituents is 1. The number of hydrogen-bond donors (Lipinski definition) is 2. The zero-order chi connectivity index (χ0) is 19.7. The molecule has 0 fully saturated rings. The maximum Gasteiger partial charge on any atom is 1.00 e. The van der Waals surface area contributed by atoms with Crippen LogP contribution in [0.4, 0.5) is 0 Å². The van der Waals surface area contributed by atoms with E-state index in [-0.39, 0.29) is 110 Å². The summed E-state index contributed by atoms with van der Waals surface area (Å²) in [6.07, 6.45) is 0. The molecule has 17 heteroatoms. The van der Waals surface area contributed by atoms with Gasteiger partial charge in [0.25, 0.3) is 0 Å². The van der Waals surface area contributed by atoms with Crippen LogP contribution in [0.15, 0.2) is 39.0 Å². The van der Waals surface area contributed by atoms with Crippen molar-refractivity contribution in [2.75, 3.05) is 0 Å². The quantitative estimate of drug-likeness (QED) is 0.262. The summed E-state index contributed by atoms with van der Waals surface area (Å²) in [6.45, 7) is 0. The van der Waals surface area contributed by atoms with Gasteiger partial charge < -0.3 is 23.7 Å². The van der Waals surface area contributed by atoms with Crippen LogP contribution in [0.25, 0.3) is 21.8 Å². The molecule has 0 spiro atoms. The first-order valence-electron chi connectivity index (χ1n) is 6.40. The molecule has 0 atom stereocenters. The predicted octanol–water partition coefficient (Wildman–Crippen LogP) is -9.25. The number of benzene rings is 2. The number of nitrogens with one attached hydrogen (secondary N) is 1. The van der Waals surface area contributed by atoms with Gasteiger partial charge in [0.2, 0.25) is 0 Å². The van der Waals surface area contributed by atoms with Crippen molar-refractivity contribution >= 4 is 52.2 Å². The fraction of sp³-hybridized carbons (Fsp3) is 0. The summed E-state index contributed by atoms with van der Waals surface area (Å²) in [4.78, 5) is -1.07. The molecule has 3 aromatic rings. The van der Waals surface area contributed by atoms with Crippen LogP contribution in [0.3, 0.4) is 0 Å². The van der Waals surface area contributed by atoms with Crippen LogP contribution in [0.5, 0.6) is 5.75 Å². The molecule has 29 heavy (non-hydrogen) atoms. The Labute approximate surface area is 231 Å². The van der Waals surface area contributed by atoms with Crippen LogP contribution >= 0.6 is 0 Å². The van der Waals surface area contributed by atoms with E-state index in [0.717, 1.165) is 12.1 Å². The molecule has 0 saturated heterocycles. The summed E-state index contributed by atoms with van der Waals surface area (Å²) in [5.74, 6) is -0.896. The van der Waals surface area contributed by atoms with Gasteiger partial charge in [-0.2, -0.15) is 0 Å². The third-order valence-corrected chi connectivity index (χ3v) is 6.30. The molecule has 0 unspecified atom stereocenters. The number of aromatic nitrogens is 1. The monoisotopic (exact) mass is 489 g/mol. The predicted molar refractivity (Wildman–Crippen MR) is 81.4 cm³/mol. The normalized spacial score (nSPS) is 12.1. The number of rotatable bonds is 3. The molecule has 0 aliphatic carbocycles. The third kappa shape index (κ3) is 5.97. The largest absolute Gasteiger partial charge is 1.00 e. The summed E-state index contributed by atoms with van der Waals surface area (Å²) < 4.78 is 101. The van der Waals surface area contributed by atoms with Crippen LogP contribution in [-0.2, 0) is 30.4 Å². The van der Waals surface area contributed by atoms with E-state index in [1.807, 2.05) is 0 Å². The Morgan fingerprint density at radius 2 is 0.966 bits per heavy atom. The van der Waals surface area contributed by atoms with E-state index in [9.17, 15) is 44.0 Å². The smallest absolute Gasteiger partial charge is 0.744 e. The van der Waals surface area contributed by atoms with Crippen LogP contribution in [0.2, 0.25) is 0 Å². The fourth-order valence-electron chi connectivity index (χ4n) is 2.52. The van der Waals surface area contributed by atoms with Gasteiger partial charge in [-0.3, -0.25) is 0 Å². The second-order valence-corrected chi connectivity index (χ2v) is 9.24. The Morgan fingerprint density at radius 1 is 0.621 bits per heavy atom. The van der Waals surface area contributed by atoms with E-state index in [1.165, 1.54) is 0 Å². The van der Waals surface area contributed by atoms with E-state index in [1.54, 1.807) is 0 Å². The minimum absolute atomic E-state index is 0. The van der Waals surface area contributed by atoms with E-state index in [4.69, 9.17) is 0 Å². The van der Waals surface area contributed by atoms with Gasteiger partial charge in [0, 0.05) is 22.4 Å². The van der Waals surface area contributed by atoms with E-state index < -0.39 is 50.8 Å². The van der Waals surface area contributed by atoms with Crippen molar-refractivity contribution in [1.82, 2.24) is 4.98 Å². The van der Waals surface area contributed by atoms with Gasteiger partial charge in [-0.05, 0) is 18.2 Å². The number of aromatic amines is 1. The Bertz CT molecular complexity index is 1410. The van der Waals surface area contributed by atoms with Crippen molar-refractivity contribution in [1.29, 1.82) is 0 Å². The summed E-state index contributed by atoms with van der Waals surface area (Å²) in [5.41, 5.74) is -0.138. The molecule has 0 aliphatic rings. The average molecular weight is 489 g/mol. The van der Waals surface area contributed by atoms with E-state index in [0.29, 0.717) is 12.1 Å². The Kier molecular flexibility index (Phi) is 9.98. The number of aromatic hydroxyl groups is 1. The van der Waals surface area contributed by atoms with Gasteiger partial charge in [-0.25, -0.2) is 25.3 Å². The molecule has 1 heterocycles. The molecular formula is C12H6NNa3O10S3. The Balaban J connectivity index is 0.00000261. The zero-order valence-corrected chi connectivity index (χ0v) is 23.6. The van der Waals surface area contributed by atoms with Gasteiger partial charge >= 0.3 is 88.7 Å². The molecule has 140 valence electrons. The minimum Gasteiger partial charge on any atom is -0.744 e. The van der Waals surface area contributed by atoms with Crippen LogP contribution in [0.1, 0.15) is 0 Å². The van der Waals surface area contributed by atoms with Crippen LogP contribution < -0.4 is 88.7 Å². The first-order valence-corrected chi connectivity index (χ1v) is 10.6.